The second-order valence-corrected chi connectivity index (χ2v) is 10.3. The zero-order valence-corrected chi connectivity index (χ0v) is 20.3. The summed E-state index contributed by atoms with van der Waals surface area (Å²) < 4.78 is 37.7. The van der Waals surface area contributed by atoms with Gasteiger partial charge in [0, 0.05) is 11.9 Å². The number of rotatable bonds is 6. The lowest BCUT2D eigenvalue weighted by molar-refractivity contribution is -0.118. The van der Waals surface area contributed by atoms with E-state index in [2.05, 4.69) is 5.32 Å². The van der Waals surface area contributed by atoms with Gasteiger partial charge in [-0.3, -0.25) is 4.79 Å². The van der Waals surface area contributed by atoms with Crippen LogP contribution in [0, 0.1) is 0 Å². The van der Waals surface area contributed by atoms with Crippen molar-refractivity contribution in [2.75, 3.05) is 11.4 Å². The van der Waals surface area contributed by atoms with Gasteiger partial charge in [0.1, 0.15) is 18.2 Å². The van der Waals surface area contributed by atoms with Crippen LogP contribution in [0.15, 0.2) is 104 Å². The molecule has 188 valence electrons. The minimum absolute atomic E-state index is 0.0289. The number of sulfone groups is 1. The number of para-hydroxylation sites is 1. The van der Waals surface area contributed by atoms with Crippen molar-refractivity contribution in [1.82, 2.24) is 5.32 Å². The highest BCUT2D eigenvalue weighted by Gasteiger charge is 2.39. The lowest BCUT2D eigenvalue weighted by atomic mass is 10.2. The Morgan fingerprint density at radius 2 is 1.59 bits per heavy atom. The number of nitrogens with one attached hydrogen (secondary N) is 1. The van der Waals surface area contributed by atoms with Crippen LogP contribution in [-0.2, 0) is 26.0 Å². The molecular formula is C27H22N2O7S. The first kappa shape index (κ1) is 24.3. The predicted molar refractivity (Wildman–Crippen MR) is 135 cm³/mol. The molecule has 1 aliphatic heterocycles. The van der Waals surface area contributed by atoms with Gasteiger partial charge < -0.3 is 19.4 Å². The lowest BCUT2D eigenvalue weighted by Crippen LogP contribution is -2.42. The van der Waals surface area contributed by atoms with E-state index < -0.39 is 38.4 Å². The molecule has 2 amide bonds. The standard InChI is InChI=1S/C27H22N2O7S/c30-25-21(28-27(32)35-17-18-9-3-1-4-10-18)15-16-29(25)23-20-13-7-8-14-22(20)36-26(31)24(23)37(33,34)19-11-5-2-6-12-19/h1-14,21H,15-17H2,(H,28,32)/t21-/m0/s1. The van der Waals surface area contributed by atoms with E-state index in [1.807, 2.05) is 18.2 Å². The molecule has 1 atom stereocenters. The van der Waals surface area contributed by atoms with Crippen LogP contribution in [0.4, 0.5) is 10.5 Å². The number of hydrogen-bond acceptors (Lipinski definition) is 7. The summed E-state index contributed by atoms with van der Waals surface area (Å²) in [7, 11) is -4.34. The number of benzene rings is 3. The second kappa shape index (κ2) is 9.90. The molecule has 1 fully saturated rings. The van der Waals surface area contributed by atoms with Crippen LogP contribution in [-0.4, -0.2) is 33.0 Å². The Hall–Kier alpha value is -4.44. The van der Waals surface area contributed by atoms with Crippen molar-refractivity contribution in [2.45, 2.75) is 28.9 Å². The maximum Gasteiger partial charge on any atom is 0.408 e. The zero-order chi connectivity index (χ0) is 26.0. The number of fused-ring (bicyclic) bond motifs is 1. The van der Waals surface area contributed by atoms with E-state index in [-0.39, 0.29) is 41.1 Å². The lowest BCUT2D eigenvalue weighted by Gasteiger charge is -2.21. The van der Waals surface area contributed by atoms with Crippen molar-refractivity contribution < 1.29 is 27.2 Å². The van der Waals surface area contributed by atoms with Crippen LogP contribution in [0.3, 0.4) is 0 Å². The highest BCUT2D eigenvalue weighted by Crippen LogP contribution is 2.36. The van der Waals surface area contributed by atoms with Gasteiger partial charge in [-0.15, -0.1) is 0 Å². The second-order valence-electron chi connectivity index (χ2n) is 8.42. The van der Waals surface area contributed by atoms with E-state index in [1.165, 1.54) is 35.2 Å². The van der Waals surface area contributed by atoms with Gasteiger partial charge in [-0.1, -0.05) is 60.7 Å². The topological polar surface area (TPSA) is 123 Å². The van der Waals surface area contributed by atoms with Crippen LogP contribution in [0.2, 0.25) is 0 Å². The molecule has 1 aliphatic rings. The Balaban J connectivity index is 1.49. The number of amides is 2. The Kier molecular flexibility index (Phi) is 6.49. The maximum atomic E-state index is 13.6. The molecule has 1 N–H and O–H groups in total. The summed E-state index contributed by atoms with van der Waals surface area (Å²) in [6, 6.07) is 22.0. The van der Waals surface area contributed by atoms with E-state index in [4.69, 9.17) is 9.15 Å². The van der Waals surface area contributed by atoms with Crippen molar-refractivity contribution in [3.05, 3.63) is 101 Å². The minimum atomic E-state index is -4.34. The van der Waals surface area contributed by atoms with Crippen molar-refractivity contribution in [1.29, 1.82) is 0 Å². The van der Waals surface area contributed by atoms with E-state index in [9.17, 15) is 22.8 Å². The highest BCUT2D eigenvalue weighted by atomic mass is 32.2. The van der Waals surface area contributed by atoms with Gasteiger partial charge in [-0.2, -0.15) is 0 Å². The minimum Gasteiger partial charge on any atom is -0.445 e. The molecule has 37 heavy (non-hydrogen) atoms. The monoisotopic (exact) mass is 518 g/mol. The van der Waals surface area contributed by atoms with Crippen LogP contribution in [0.25, 0.3) is 11.0 Å². The van der Waals surface area contributed by atoms with Crippen molar-refractivity contribution in [2.24, 2.45) is 0 Å². The molecule has 5 rings (SSSR count). The number of alkyl carbamates (subject to hydrolysis) is 1. The fraction of sp³-hybridized carbons (Fsp3) is 0.148. The normalized spacial score (nSPS) is 15.6. The van der Waals surface area contributed by atoms with E-state index >= 15 is 0 Å². The molecule has 2 heterocycles. The smallest absolute Gasteiger partial charge is 0.408 e. The molecule has 4 aromatic rings. The molecule has 0 bridgehead atoms. The third kappa shape index (κ3) is 4.70. The molecule has 0 aliphatic carbocycles. The molecule has 0 saturated carbocycles. The summed E-state index contributed by atoms with van der Waals surface area (Å²) >= 11 is 0. The van der Waals surface area contributed by atoms with Gasteiger partial charge >= 0.3 is 11.7 Å². The summed E-state index contributed by atoms with van der Waals surface area (Å²) in [5.41, 5.74) is -0.219. The van der Waals surface area contributed by atoms with Crippen LogP contribution in [0.5, 0.6) is 0 Å². The predicted octanol–water partition coefficient (Wildman–Crippen LogP) is 3.66. The van der Waals surface area contributed by atoms with Gasteiger partial charge in [0.2, 0.25) is 15.7 Å². The summed E-state index contributed by atoms with van der Waals surface area (Å²) in [4.78, 5) is 39.3. The molecule has 0 spiro atoms. The number of hydrogen-bond donors (Lipinski definition) is 1. The molecule has 1 saturated heterocycles. The number of anilines is 1. The van der Waals surface area contributed by atoms with Crippen LogP contribution < -0.4 is 15.8 Å². The van der Waals surface area contributed by atoms with Gasteiger partial charge in [-0.25, -0.2) is 18.0 Å². The van der Waals surface area contributed by atoms with E-state index in [0.717, 1.165) is 5.56 Å². The van der Waals surface area contributed by atoms with Crippen molar-refractivity contribution in [3.8, 4) is 0 Å². The Morgan fingerprint density at radius 1 is 0.946 bits per heavy atom. The third-order valence-electron chi connectivity index (χ3n) is 6.05. The fourth-order valence-electron chi connectivity index (χ4n) is 4.28. The average molecular weight is 519 g/mol. The molecule has 0 radical (unpaired) electrons. The molecular weight excluding hydrogens is 496 g/mol. The summed E-state index contributed by atoms with van der Waals surface area (Å²) in [6.45, 7) is 0.106. The van der Waals surface area contributed by atoms with Crippen molar-refractivity contribution >= 4 is 38.5 Å². The van der Waals surface area contributed by atoms with Crippen molar-refractivity contribution in [3.63, 3.8) is 0 Å². The average Bonchev–Trinajstić information content (AvgIpc) is 3.26. The largest absolute Gasteiger partial charge is 0.445 e. The Morgan fingerprint density at radius 3 is 2.32 bits per heavy atom. The number of carbonyl (C=O) groups excluding carboxylic acids is 2. The Bertz CT molecular complexity index is 1630. The quantitative estimate of drug-likeness (QED) is 0.387. The SMILES string of the molecule is O=C(N[C@H]1CCN(c2c(S(=O)(=O)c3ccccc3)c(=O)oc3ccccc23)C1=O)OCc1ccccc1. The van der Waals surface area contributed by atoms with Gasteiger partial charge in [-0.05, 0) is 36.2 Å². The Labute approximate surface area is 212 Å². The summed E-state index contributed by atoms with van der Waals surface area (Å²) in [5.74, 6) is -0.558. The third-order valence-corrected chi connectivity index (χ3v) is 7.84. The molecule has 1 aromatic heterocycles. The molecule has 10 heteroatoms. The van der Waals surface area contributed by atoms with E-state index in [1.54, 1.807) is 36.4 Å². The molecule has 3 aromatic carbocycles. The first-order valence-corrected chi connectivity index (χ1v) is 13.0. The first-order valence-electron chi connectivity index (χ1n) is 11.5. The molecule has 0 unspecified atom stereocenters. The number of carbonyl (C=O) groups is 2. The summed E-state index contributed by atoms with van der Waals surface area (Å²) in [5, 5.41) is 2.84. The fourth-order valence-corrected chi connectivity index (χ4v) is 5.77. The van der Waals surface area contributed by atoms with Crippen LogP contribution in [0.1, 0.15) is 12.0 Å². The first-order chi connectivity index (χ1) is 17.9. The summed E-state index contributed by atoms with van der Waals surface area (Å²) in [6.07, 6.45) is -0.586. The zero-order valence-electron chi connectivity index (χ0n) is 19.5. The van der Waals surface area contributed by atoms with Gasteiger partial charge in [0.15, 0.2) is 4.90 Å². The number of ether oxygens (including phenoxy) is 1. The maximum absolute atomic E-state index is 13.6. The van der Waals surface area contributed by atoms with Gasteiger partial charge in [0.25, 0.3) is 0 Å². The number of nitrogens with zero attached hydrogens (tertiary/aromatic N) is 1. The molecule has 9 nitrogen and oxygen atoms in total. The highest BCUT2D eigenvalue weighted by molar-refractivity contribution is 7.91. The van der Waals surface area contributed by atoms with Crippen LogP contribution >= 0.6 is 0 Å². The van der Waals surface area contributed by atoms with Gasteiger partial charge in [0.05, 0.1) is 10.6 Å². The van der Waals surface area contributed by atoms with E-state index in [0.29, 0.717) is 0 Å².